The lowest BCUT2D eigenvalue weighted by atomic mass is 10.1. The van der Waals surface area contributed by atoms with Crippen LogP contribution < -0.4 is 4.90 Å². The number of amides is 1. The van der Waals surface area contributed by atoms with Crippen molar-refractivity contribution >= 4 is 11.8 Å². The zero-order chi connectivity index (χ0) is 23.4. The van der Waals surface area contributed by atoms with Gasteiger partial charge in [0, 0.05) is 44.8 Å². The van der Waals surface area contributed by atoms with Crippen LogP contribution in [0.2, 0.25) is 0 Å². The Morgan fingerprint density at radius 2 is 1.82 bits per heavy atom. The molecule has 8 nitrogen and oxygen atoms in total. The monoisotopic (exact) mass is 455 g/mol. The molecule has 0 saturated carbocycles. The van der Waals surface area contributed by atoms with Crippen molar-refractivity contribution in [3.8, 4) is 11.3 Å². The van der Waals surface area contributed by atoms with E-state index < -0.39 is 0 Å². The van der Waals surface area contributed by atoms with Crippen molar-refractivity contribution in [2.45, 2.75) is 6.54 Å². The molecule has 9 heteroatoms. The summed E-state index contributed by atoms with van der Waals surface area (Å²) in [5, 5.41) is 4.36. The maximum Gasteiger partial charge on any atom is 0.289 e. The minimum Gasteiger partial charge on any atom is -0.459 e. The molecular formula is C24H30FN5O3. The number of likely N-dealkylation sites (N-methyl/N-ethyl adjacent to an activating group) is 2. The quantitative estimate of drug-likeness (QED) is 0.517. The topological polar surface area (TPSA) is 69.2 Å². The molecule has 1 saturated heterocycles. The average molecular weight is 456 g/mol. The highest BCUT2D eigenvalue weighted by molar-refractivity contribution is 5.91. The van der Waals surface area contributed by atoms with Crippen molar-refractivity contribution in [3.05, 3.63) is 59.8 Å². The van der Waals surface area contributed by atoms with Crippen molar-refractivity contribution in [3.63, 3.8) is 0 Å². The molecule has 1 aliphatic rings. The SMILES string of the molecule is CN(C)CCN(Cc1c(-c2ccc(F)cc2)noc1N1CCN(C)CC1)C(=O)c1ccco1. The highest BCUT2D eigenvalue weighted by Crippen LogP contribution is 2.33. The molecule has 4 rings (SSSR count). The second kappa shape index (κ2) is 10.2. The van der Waals surface area contributed by atoms with E-state index in [0.29, 0.717) is 31.2 Å². The Bertz CT molecular complexity index is 1040. The van der Waals surface area contributed by atoms with Crippen LogP contribution in [0.4, 0.5) is 10.3 Å². The number of carbonyl (C=O) groups excluding carboxylic acids is 1. The van der Waals surface area contributed by atoms with Crippen molar-refractivity contribution in [1.29, 1.82) is 0 Å². The van der Waals surface area contributed by atoms with Crippen LogP contribution in [-0.4, -0.2) is 86.2 Å². The summed E-state index contributed by atoms with van der Waals surface area (Å²) in [6, 6.07) is 9.55. The minimum atomic E-state index is -0.316. The van der Waals surface area contributed by atoms with Gasteiger partial charge in [-0.25, -0.2) is 4.39 Å². The van der Waals surface area contributed by atoms with Gasteiger partial charge >= 0.3 is 0 Å². The predicted octanol–water partition coefficient (Wildman–Crippen LogP) is 3.03. The third-order valence-corrected chi connectivity index (χ3v) is 5.86. The van der Waals surface area contributed by atoms with E-state index in [2.05, 4.69) is 22.0 Å². The average Bonchev–Trinajstić information content (AvgIpc) is 3.48. The zero-order valence-corrected chi connectivity index (χ0v) is 19.3. The maximum absolute atomic E-state index is 13.6. The third kappa shape index (κ3) is 5.43. The number of hydrogen-bond acceptors (Lipinski definition) is 7. The smallest absolute Gasteiger partial charge is 0.289 e. The van der Waals surface area contributed by atoms with Crippen LogP contribution in [0.15, 0.2) is 51.6 Å². The fourth-order valence-corrected chi connectivity index (χ4v) is 3.86. The van der Waals surface area contributed by atoms with Gasteiger partial charge in [-0.15, -0.1) is 0 Å². The van der Waals surface area contributed by atoms with Gasteiger partial charge < -0.3 is 28.5 Å². The number of halogens is 1. The number of rotatable bonds is 8. The lowest BCUT2D eigenvalue weighted by molar-refractivity contribution is 0.0700. The van der Waals surface area contributed by atoms with E-state index in [1.807, 2.05) is 19.0 Å². The number of anilines is 1. The van der Waals surface area contributed by atoms with E-state index in [-0.39, 0.29) is 17.5 Å². The first-order valence-electron chi connectivity index (χ1n) is 11.1. The third-order valence-electron chi connectivity index (χ3n) is 5.86. The molecular weight excluding hydrogens is 425 g/mol. The molecule has 0 bridgehead atoms. The van der Waals surface area contributed by atoms with Gasteiger partial charge in [0.25, 0.3) is 5.91 Å². The molecule has 0 aliphatic carbocycles. The molecule has 176 valence electrons. The lowest BCUT2D eigenvalue weighted by Crippen LogP contribution is -2.45. The highest BCUT2D eigenvalue weighted by atomic mass is 19.1. The van der Waals surface area contributed by atoms with Crippen LogP contribution in [0.5, 0.6) is 0 Å². The Hall–Kier alpha value is -3.17. The first-order valence-corrected chi connectivity index (χ1v) is 11.1. The van der Waals surface area contributed by atoms with Crippen LogP contribution >= 0.6 is 0 Å². The van der Waals surface area contributed by atoms with Gasteiger partial charge in [-0.2, -0.15) is 0 Å². The molecule has 3 heterocycles. The van der Waals surface area contributed by atoms with E-state index in [9.17, 15) is 9.18 Å². The van der Waals surface area contributed by atoms with E-state index >= 15 is 0 Å². The van der Waals surface area contributed by atoms with Gasteiger partial charge in [0.05, 0.1) is 18.4 Å². The number of piperazine rings is 1. The van der Waals surface area contributed by atoms with Gasteiger partial charge in [0.2, 0.25) is 5.88 Å². The van der Waals surface area contributed by atoms with Gasteiger partial charge in [-0.3, -0.25) is 4.79 Å². The van der Waals surface area contributed by atoms with E-state index in [0.717, 1.165) is 37.3 Å². The normalized spacial score (nSPS) is 14.8. The molecule has 0 N–H and O–H groups in total. The summed E-state index contributed by atoms with van der Waals surface area (Å²) in [6.07, 6.45) is 1.50. The van der Waals surface area contributed by atoms with Gasteiger partial charge in [0.15, 0.2) is 5.76 Å². The number of nitrogens with zero attached hydrogens (tertiary/aromatic N) is 5. The van der Waals surface area contributed by atoms with Crippen molar-refractivity contribution < 1.29 is 18.1 Å². The molecule has 0 spiro atoms. The molecule has 0 radical (unpaired) electrons. The summed E-state index contributed by atoms with van der Waals surface area (Å²) >= 11 is 0. The molecule has 3 aromatic rings. The van der Waals surface area contributed by atoms with Gasteiger partial charge in [-0.1, -0.05) is 5.16 Å². The summed E-state index contributed by atoms with van der Waals surface area (Å²) < 4.78 is 24.8. The van der Waals surface area contributed by atoms with Gasteiger partial charge in [0.1, 0.15) is 11.5 Å². The Kier molecular flexibility index (Phi) is 7.10. The predicted molar refractivity (Wildman–Crippen MR) is 124 cm³/mol. The van der Waals surface area contributed by atoms with Crippen molar-refractivity contribution in [1.82, 2.24) is 19.9 Å². The second-order valence-corrected chi connectivity index (χ2v) is 8.62. The van der Waals surface area contributed by atoms with Crippen molar-refractivity contribution in [2.75, 3.05) is 65.3 Å². The minimum absolute atomic E-state index is 0.197. The zero-order valence-electron chi connectivity index (χ0n) is 19.3. The fraction of sp³-hybridized carbons (Fsp3) is 0.417. The second-order valence-electron chi connectivity index (χ2n) is 8.62. The molecule has 33 heavy (non-hydrogen) atoms. The molecule has 1 aromatic carbocycles. The van der Waals surface area contributed by atoms with Crippen LogP contribution in [0.3, 0.4) is 0 Å². The fourth-order valence-electron chi connectivity index (χ4n) is 3.86. The molecule has 1 fully saturated rings. The first-order chi connectivity index (χ1) is 15.9. The Labute approximate surface area is 193 Å². The van der Waals surface area contributed by atoms with Crippen LogP contribution in [0, 0.1) is 5.82 Å². The van der Waals surface area contributed by atoms with Crippen LogP contribution in [-0.2, 0) is 6.54 Å². The van der Waals surface area contributed by atoms with Crippen LogP contribution in [0.25, 0.3) is 11.3 Å². The molecule has 0 unspecified atom stereocenters. The summed E-state index contributed by atoms with van der Waals surface area (Å²) in [4.78, 5) is 21.5. The number of carbonyl (C=O) groups is 1. The first kappa shape index (κ1) is 23.0. The van der Waals surface area contributed by atoms with Gasteiger partial charge in [-0.05, 0) is 57.5 Å². The number of benzene rings is 1. The molecule has 1 aliphatic heterocycles. The molecule has 0 atom stereocenters. The Morgan fingerprint density at radius 3 is 2.45 bits per heavy atom. The Morgan fingerprint density at radius 1 is 1.09 bits per heavy atom. The standard InChI is InChI=1S/C24H30FN5O3/c1-27(2)10-13-30(23(31)21-5-4-16-32-21)17-20-22(18-6-8-19(25)9-7-18)26-33-24(20)29-14-11-28(3)12-15-29/h4-9,16H,10-15,17H2,1-3H3. The molecule has 1 amide bonds. The molecule has 2 aromatic heterocycles. The number of aromatic nitrogens is 1. The van der Waals surface area contributed by atoms with E-state index in [1.54, 1.807) is 29.2 Å². The largest absolute Gasteiger partial charge is 0.459 e. The number of furan rings is 1. The Balaban J connectivity index is 1.70. The van der Waals surface area contributed by atoms with E-state index in [1.165, 1.54) is 18.4 Å². The summed E-state index contributed by atoms with van der Waals surface area (Å²) in [6.45, 7) is 4.89. The van der Waals surface area contributed by atoms with Crippen molar-refractivity contribution in [2.24, 2.45) is 0 Å². The van der Waals surface area contributed by atoms with E-state index in [4.69, 9.17) is 8.94 Å². The summed E-state index contributed by atoms with van der Waals surface area (Å²) in [7, 11) is 6.02. The number of hydrogen-bond donors (Lipinski definition) is 0. The lowest BCUT2D eigenvalue weighted by Gasteiger charge is -2.33. The highest BCUT2D eigenvalue weighted by Gasteiger charge is 2.28. The maximum atomic E-state index is 13.6. The summed E-state index contributed by atoms with van der Waals surface area (Å²) in [5.41, 5.74) is 2.17. The van der Waals surface area contributed by atoms with Crippen LogP contribution in [0.1, 0.15) is 16.1 Å². The summed E-state index contributed by atoms with van der Waals surface area (Å²) in [5.74, 6) is 0.431.